The first-order chi connectivity index (χ1) is 24.8. The van der Waals surface area contributed by atoms with E-state index in [4.69, 9.17) is 14.2 Å². The Morgan fingerprint density at radius 3 is 2.58 bits per heavy atom. The summed E-state index contributed by atoms with van der Waals surface area (Å²) in [5.41, 5.74) is 0.225. The molecule has 7 rings (SSSR count). The molecule has 0 aliphatic carbocycles. The lowest BCUT2D eigenvalue weighted by Crippen LogP contribution is -2.62. The number of benzene rings is 1. The molecule has 5 aliphatic rings. The fraction of sp³-hybridized carbons (Fsp3) is 0.694. The van der Waals surface area contributed by atoms with Gasteiger partial charge in [-0.1, -0.05) is 0 Å². The van der Waals surface area contributed by atoms with E-state index in [9.17, 15) is 22.7 Å². The molecular weight excluding hydrogens is 694 g/mol. The standard InChI is InChI=1S/C36H52FN7O7S/c1-25(2)44(29-9-16-49-20-29)34(45)30-17-27(37)6-7-31(30)51-32-18-38-24-39-33(32)42-21-35(22-42)11-14-41(15-12-35)23-36(46)10-8-28(19-50-36)40-52(47,48)43-13-4-5-26(43)3/h6-7,17-18,24-26,28-29,40,46H,4-5,8-16,19-23H2,1-3H3/t26-,28-,29?,36-/m1/s1. The number of nitrogens with zero attached hydrogens (tertiary/aromatic N) is 6. The molecule has 6 heterocycles. The number of carbonyl (C=O) groups is 1. The Balaban J connectivity index is 0.930. The number of hydrogen-bond donors (Lipinski definition) is 2. The summed E-state index contributed by atoms with van der Waals surface area (Å²) in [6, 6.07) is 3.41. The predicted molar refractivity (Wildman–Crippen MR) is 191 cm³/mol. The fourth-order valence-corrected chi connectivity index (χ4v) is 10.2. The second-order valence-corrected chi connectivity index (χ2v) is 17.3. The number of rotatable bonds is 11. The summed E-state index contributed by atoms with van der Waals surface area (Å²) in [4.78, 5) is 28.7. The van der Waals surface area contributed by atoms with Gasteiger partial charge in [0.1, 0.15) is 17.9 Å². The zero-order valence-corrected chi connectivity index (χ0v) is 31.2. The highest BCUT2D eigenvalue weighted by Crippen LogP contribution is 2.45. The van der Waals surface area contributed by atoms with Crippen molar-refractivity contribution in [2.75, 3.05) is 64.0 Å². The molecule has 52 heavy (non-hydrogen) atoms. The average Bonchev–Trinajstić information content (AvgIpc) is 3.79. The number of likely N-dealkylation sites (tertiary alicyclic amines) is 1. The molecule has 5 aliphatic heterocycles. The van der Waals surface area contributed by atoms with Crippen LogP contribution >= 0.6 is 0 Å². The van der Waals surface area contributed by atoms with Crippen molar-refractivity contribution < 1.29 is 36.9 Å². The van der Waals surface area contributed by atoms with Gasteiger partial charge < -0.3 is 29.1 Å². The van der Waals surface area contributed by atoms with E-state index in [0.29, 0.717) is 50.7 Å². The highest BCUT2D eigenvalue weighted by atomic mass is 32.2. The van der Waals surface area contributed by atoms with Gasteiger partial charge in [-0.25, -0.2) is 14.4 Å². The quantitative estimate of drug-likeness (QED) is 0.350. The maximum atomic E-state index is 14.5. The van der Waals surface area contributed by atoms with Crippen LogP contribution in [-0.4, -0.2) is 133 Å². The van der Waals surface area contributed by atoms with Gasteiger partial charge in [0.25, 0.3) is 16.1 Å². The minimum absolute atomic E-state index is 0.00866. The lowest BCUT2D eigenvalue weighted by atomic mass is 9.72. The van der Waals surface area contributed by atoms with Gasteiger partial charge >= 0.3 is 0 Å². The molecule has 2 aromatic rings. The molecule has 5 fully saturated rings. The van der Waals surface area contributed by atoms with Crippen LogP contribution in [0.15, 0.2) is 30.7 Å². The summed E-state index contributed by atoms with van der Waals surface area (Å²) >= 11 is 0. The second-order valence-electron chi connectivity index (χ2n) is 15.6. The third-order valence-corrected chi connectivity index (χ3v) is 13.2. The van der Waals surface area contributed by atoms with Gasteiger partial charge in [0.05, 0.1) is 37.6 Å². The van der Waals surface area contributed by atoms with Crippen LogP contribution in [-0.2, 0) is 19.7 Å². The number of carbonyl (C=O) groups excluding carboxylic acids is 1. The summed E-state index contributed by atoms with van der Waals surface area (Å²) in [6.07, 6.45) is 8.23. The molecule has 0 bridgehead atoms. The number of piperidine rings is 1. The number of aliphatic hydroxyl groups is 1. The second kappa shape index (κ2) is 15.0. The van der Waals surface area contributed by atoms with Gasteiger partial charge in [-0.3, -0.25) is 9.69 Å². The van der Waals surface area contributed by atoms with Crippen molar-refractivity contribution in [3.63, 3.8) is 0 Å². The zero-order chi connectivity index (χ0) is 36.7. The minimum Gasteiger partial charge on any atom is -0.451 e. The highest BCUT2D eigenvalue weighted by Gasteiger charge is 2.48. The zero-order valence-electron chi connectivity index (χ0n) is 30.4. The number of ether oxygens (including phenoxy) is 3. The Bertz CT molecular complexity index is 1690. The molecule has 1 amide bonds. The summed E-state index contributed by atoms with van der Waals surface area (Å²) in [5, 5.41) is 11.3. The van der Waals surface area contributed by atoms with E-state index in [2.05, 4.69) is 24.5 Å². The van der Waals surface area contributed by atoms with Gasteiger partial charge in [-0.2, -0.15) is 17.4 Å². The normalized spacial score (nSPS) is 28.3. The van der Waals surface area contributed by atoms with Crippen LogP contribution in [0.5, 0.6) is 11.5 Å². The van der Waals surface area contributed by atoms with E-state index in [0.717, 1.165) is 58.3 Å². The Morgan fingerprint density at radius 2 is 1.92 bits per heavy atom. The third-order valence-electron chi connectivity index (χ3n) is 11.4. The maximum Gasteiger partial charge on any atom is 0.280 e. The van der Waals surface area contributed by atoms with Gasteiger partial charge in [-0.05, 0) is 90.6 Å². The van der Waals surface area contributed by atoms with Crippen LogP contribution in [0.4, 0.5) is 10.2 Å². The molecule has 1 aromatic heterocycles. The monoisotopic (exact) mass is 745 g/mol. The van der Waals surface area contributed by atoms with E-state index in [-0.39, 0.29) is 53.4 Å². The van der Waals surface area contributed by atoms with Crippen molar-refractivity contribution in [3.05, 3.63) is 42.1 Å². The van der Waals surface area contributed by atoms with Crippen LogP contribution in [0.25, 0.3) is 0 Å². The molecule has 286 valence electrons. The largest absolute Gasteiger partial charge is 0.451 e. The van der Waals surface area contributed by atoms with Crippen molar-refractivity contribution in [2.24, 2.45) is 5.41 Å². The first kappa shape index (κ1) is 37.3. The number of amides is 1. The van der Waals surface area contributed by atoms with Crippen LogP contribution in [0, 0.1) is 11.2 Å². The Labute approximate surface area is 305 Å². The van der Waals surface area contributed by atoms with Crippen LogP contribution in [0.3, 0.4) is 0 Å². The summed E-state index contributed by atoms with van der Waals surface area (Å²) in [5.74, 6) is -0.905. The topological polar surface area (TPSA) is 150 Å². The summed E-state index contributed by atoms with van der Waals surface area (Å²) < 4.78 is 62.4. The Morgan fingerprint density at radius 1 is 1.13 bits per heavy atom. The van der Waals surface area contributed by atoms with E-state index in [1.54, 1.807) is 11.1 Å². The highest BCUT2D eigenvalue weighted by molar-refractivity contribution is 7.87. The van der Waals surface area contributed by atoms with E-state index in [1.165, 1.54) is 28.8 Å². The summed E-state index contributed by atoms with van der Waals surface area (Å²) in [6.45, 7) is 11.0. The van der Waals surface area contributed by atoms with E-state index in [1.807, 2.05) is 20.8 Å². The molecule has 16 heteroatoms. The van der Waals surface area contributed by atoms with Crippen molar-refractivity contribution in [2.45, 2.75) is 95.7 Å². The molecule has 1 aromatic carbocycles. The van der Waals surface area contributed by atoms with Crippen LogP contribution < -0.4 is 14.4 Å². The summed E-state index contributed by atoms with van der Waals surface area (Å²) in [7, 11) is -3.58. The van der Waals surface area contributed by atoms with Crippen LogP contribution in [0.2, 0.25) is 0 Å². The lowest BCUT2D eigenvalue weighted by molar-refractivity contribution is -0.239. The number of aromatic nitrogens is 2. The van der Waals surface area contributed by atoms with Gasteiger partial charge in [-0.15, -0.1) is 0 Å². The van der Waals surface area contributed by atoms with Crippen molar-refractivity contribution >= 4 is 21.9 Å². The number of anilines is 1. The molecule has 0 saturated carbocycles. The maximum absolute atomic E-state index is 14.5. The van der Waals surface area contributed by atoms with Crippen molar-refractivity contribution in [1.29, 1.82) is 0 Å². The molecule has 0 radical (unpaired) electrons. The van der Waals surface area contributed by atoms with Gasteiger partial charge in [0.2, 0.25) is 0 Å². The Kier molecular flexibility index (Phi) is 10.8. The minimum atomic E-state index is -3.58. The lowest BCUT2D eigenvalue weighted by Gasteiger charge is -2.55. The molecule has 14 nitrogen and oxygen atoms in total. The number of nitrogens with one attached hydrogen (secondary N) is 1. The predicted octanol–water partition coefficient (Wildman–Crippen LogP) is 3.14. The van der Waals surface area contributed by atoms with Crippen LogP contribution in [0.1, 0.15) is 76.1 Å². The fourth-order valence-electron chi connectivity index (χ4n) is 8.53. The number of halogens is 1. The number of hydrogen-bond acceptors (Lipinski definition) is 11. The Hall–Kier alpha value is -2.99. The molecule has 1 spiro atoms. The first-order valence-corrected chi connectivity index (χ1v) is 20.1. The van der Waals surface area contributed by atoms with Gasteiger partial charge in [0, 0.05) is 56.2 Å². The molecule has 4 atom stereocenters. The van der Waals surface area contributed by atoms with E-state index >= 15 is 0 Å². The number of β-amino-alcohol motifs (C(OH)–C–C–N with tert-alkyl or cyclic N) is 1. The van der Waals surface area contributed by atoms with Crippen molar-refractivity contribution in [1.82, 2.24) is 28.8 Å². The molecular formula is C36H52FN7O7S. The first-order valence-electron chi connectivity index (χ1n) is 18.6. The average molecular weight is 746 g/mol. The van der Waals surface area contributed by atoms with Crippen molar-refractivity contribution in [3.8, 4) is 11.5 Å². The molecule has 5 saturated heterocycles. The van der Waals surface area contributed by atoms with Gasteiger partial charge in [0.15, 0.2) is 17.4 Å². The smallest absolute Gasteiger partial charge is 0.280 e. The molecule has 2 N–H and O–H groups in total. The SMILES string of the molecule is CC(C)N(C(=O)c1cc(F)ccc1Oc1cncnc1N1CC2(CCN(C[C@@]3(O)CC[C@@H](NS(=O)(=O)N4CCC[C@H]4C)CO3)CC2)C1)C1CCOC1. The third kappa shape index (κ3) is 7.93. The molecule has 1 unspecified atom stereocenters. The van der Waals surface area contributed by atoms with E-state index < -0.39 is 21.8 Å².